The number of Topliss-reactive ketones (excluding diaryl/α,β-unsaturated/α-hetero) is 1. The van der Waals surface area contributed by atoms with Gasteiger partial charge >= 0.3 is 0 Å². The molecule has 4 atom stereocenters. The molecule has 0 spiro atoms. The van der Waals surface area contributed by atoms with Gasteiger partial charge in [-0.1, -0.05) is 12.8 Å². The Kier molecular flexibility index (Phi) is 2.99. The molecule has 0 aromatic rings. The van der Waals surface area contributed by atoms with Crippen molar-refractivity contribution in [3.63, 3.8) is 0 Å². The third kappa shape index (κ3) is 1.91. The lowest BCUT2D eigenvalue weighted by molar-refractivity contribution is -0.124. The molecule has 2 aliphatic heterocycles. The molecule has 1 N–H and O–H groups in total. The van der Waals surface area contributed by atoms with Crippen LogP contribution in [0.2, 0.25) is 0 Å². The molecule has 2 saturated heterocycles. The molecule has 16 heavy (non-hydrogen) atoms. The smallest absolute Gasteiger partial charge is 0.155 e. The van der Waals surface area contributed by atoms with Gasteiger partial charge in [-0.3, -0.25) is 4.79 Å². The van der Waals surface area contributed by atoms with Crippen LogP contribution in [0, 0.1) is 11.8 Å². The summed E-state index contributed by atoms with van der Waals surface area (Å²) < 4.78 is 5.31. The van der Waals surface area contributed by atoms with Crippen LogP contribution < -0.4 is 5.32 Å². The summed E-state index contributed by atoms with van der Waals surface area (Å²) in [6.45, 7) is 1.43. The van der Waals surface area contributed by atoms with Crippen LogP contribution in [0.1, 0.15) is 38.5 Å². The summed E-state index contributed by atoms with van der Waals surface area (Å²) in [6, 6.07) is 0.768. The number of carbonyl (C=O) groups excluding carboxylic acids is 1. The Labute approximate surface area is 96.9 Å². The molecule has 2 heterocycles. The highest BCUT2D eigenvalue weighted by atomic mass is 16.5. The van der Waals surface area contributed by atoms with Crippen molar-refractivity contribution in [1.29, 1.82) is 0 Å². The minimum Gasteiger partial charge on any atom is -0.381 e. The average molecular weight is 223 g/mol. The molecule has 90 valence electrons. The van der Waals surface area contributed by atoms with Crippen molar-refractivity contribution in [2.75, 3.05) is 13.2 Å². The minimum absolute atomic E-state index is 0.139. The molecule has 3 fully saturated rings. The molecule has 1 aliphatic carbocycles. The first-order valence-corrected chi connectivity index (χ1v) is 6.72. The average Bonchev–Trinajstić information content (AvgIpc) is 2.97. The van der Waals surface area contributed by atoms with E-state index >= 15 is 0 Å². The van der Waals surface area contributed by atoms with Crippen LogP contribution >= 0.6 is 0 Å². The maximum Gasteiger partial charge on any atom is 0.155 e. The summed E-state index contributed by atoms with van der Waals surface area (Å²) in [7, 11) is 0. The van der Waals surface area contributed by atoms with E-state index in [1.54, 1.807) is 0 Å². The van der Waals surface area contributed by atoms with E-state index in [4.69, 9.17) is 4.74 Å². The number of rotatable bonds is 2. The van der Waals surface area contributed by atoms with Crippen LogP contribution in [0.4, 0.5) is 0 Å². The Morgan fingerprint density at radius 1 is 1.19 bits per heavy atom. The van der Waals surface area contributed by atoms with Crippen molar-refractivity contribution < 1.29 is 9.53 Å². The van der Waals surface area contributed by atoms with Crippen LogP contribution in [0.15, 0.2) is 0 Å². The van der Waals surface area contributed by atoms with Gasteiger partial charge in [0.25, 0.3) is 0 Å². The molecule has 0 bridgehead atoms. The predicted octanol–water partition coefficient (Wildman–Crippen LogP) is 1.51. The number of ketones is 1. The van der Waals surface area contributed by atoms with E-state index in [9.17, 15) is 4.79 Å². The predicted molar refractivity (Wildman–Crippen MR) is 61.2 cm³/mol. The molecular formula is C13H21NO2. The van der Waals surface area contributed by atoms with Gasteiger partial charge in [0.1, 0.15) is 0 Å². The molecule has 0 radical (unpaired) electrons. The molecule has 3 aliphatic rings. The third-order valence-corrected chi connectivity index (χ3v) is 4.54. The van der Waals surface area contributed by atoms with E-state index in [1.807, 2.05) is 0 Å². The first-order chi connectivity index (χ1) is 7.84. The van der Waals surface area contributed by atoms with Gasteiger partial charge in [-0.05, 0) is 31.6 Å². The number of nitrogens with one attached hydrogen (secondary N) is 1. The topological polar surface area (TPSA) is 38.3 Å². The molecule has 0 amide bonds. The quantitative estimate of drug-likeness (QED) is 0.771. The van der Waals surface area contributed by atoms with Crippen molar-refractivity contribution >= 4 is 5.78 Å². The van der Waals surface area contributed by atoms with E-state index in [-0.39, 0.29) is 12.0 Å². The zero-order valence-electron chi connectivity index (χ0n) is 9.78. The molecule has 0 aromatic heterocycles. The number of fused-ring (bicyclic) bond motifs is 1. The van der Waals surface area contributed by atoms with Gasteiger partial charge in [0.05, 0.1) is 12.6 Å². The highest BCUT2D eigenvalue weighted by Gasteiger charge is 2.40. The number of carbonyl (C=O) groups is 1. The largest absolute Gasteiger partial charge is 0.381 e. The molecule has 3 nitrogen and oxygen atoms in total. The Bertz CT molecular complexity index is 259. The zero-order chi connectivity index (χ0) is 11.0. The van der Waals surface area contributed by atoms with Crippen LogP contribution in [0.5, 0.6) is 0 Å². The fourth-order valence-corrected chi connectivity index (χ4v) is 3.58. The fourth-order valence-electron chi connectivity index (χ4n) is 3.58. The second-order valence-corrected chi connectivity index (χ2v) is 5.57. The Morgan fingerprint density at radius 3 is 2.81 bits per heavy atom. The van der Waals surface area contributed by atoms with Gasteiger partial charge in [-0.25, -0.2) is 0 Å². The van der Waals surface area contributed by atoms with E-state index in [0.717, 1.165) is 25.4 Å². The van der Waals surface area contributed by atoms with Crippen LogP contribution in [0.25, 0.3) is 0 Å². The number of hydrogen-bond acceptors (Lipinski definition) is 3. The normalized spacial score (nSPS) is 43.2. The minimum atomic E-state index is 0.139. The van der Waals surface area contributed by atoms with Crippen LogP contribution in [-0.4, -0.2) is 31.1 Å². The van der Waals surface area contributed by atoms with Crippen molar-refractivity contribution in [3.8, 4) is 0 Å². The first kappa shape index (κ1) is 10.7. The summed E-state index contributed by atoms with van der Waals surface area (Å²) >= 11 is 0. The van der Waals surface area contributed by atoms with Gasteiger partial charge < -0.3 is 10.1 Å². The summed E-state index contributed by atoms with van der Waals surface area (Å²) in [4.78, 5) is 12.2. The molecule has 3 heteroatoms. The summed E-state index contributed by atoms with van der Waals surface area (Å²) in [5, 5.41) is 3.56. The first-order valence-electron chi connectivity index (χ1n) is 6.72. The van der Waals surface area contributed by atoms with Crippen LogP contribution in [-0.2, 0) is 9.53 Å². The summed E-state index contributed by atoms with van der Waals surface area (Å²) in [5.74, 6) is 1.37. The summed E-state index contributed by atoms with van der Waals surface area (Å²) in [5.41, 5.74) is 0. The van der Waals surface area contributed by atoms with E-state index in [1.165, 1.54) is 25.7 Å². The third-order valence-electron chi connectivity index (χ3n) is 4.54. The fraction of sp³-hybridized carbons (Fsp3) is 0.923. The van der Waals surface area contributed by atoms with E-state index in [2.05, 4.69) is 5.32 Å². The molecule has 4 unspecified atom stereocenters. The van der Waals surface area contributed by atoms with Gasteiger partial charge in [-0.15, -0.1) is 0 Å². The lowest BCUT2D eigenvalue weighted by Crippen LogP contribution is -2.40. The van der Waals surface area contributed by atoms with Crippen molar-refractivity contribution in [2.24, 2.45) is 11.8 Å². The Morgan fingerprint density at radius 2 is 2.06 bits per heavy atom. The Hall–Kier alpha value is -0.410. The lowest BCUT2D eigenvalue weighted by atomic mass is 9.84. The van der Waals surface area contributed by atoms with Gasteiger partial charge in [-0.2, -0.15) is 0 Å². The molecular weight excluding hydrogens is 202 g/mol. The maximum atomic E-state index is 12.2. The molecule has 1 saturated carbocycles. The Balaban J connectivity index is 1.61. The molecule has 3 rings (SSSR count). The van der Waals surface area contributed by atoms with Gasteiger partial charge in [0.15, 0.2) is 5.78 Å². The lowest BCUT2D eigenvalue weighted by Gasteiger charge is -2.24. The maximum absolute atomic E-state index is 12.2. The number of hydrogen-bond donors (Lipinski definition) is 1. The standard InChI is InChI=1S/C13H21NO2/c15-13(10-5-6-16-8-10)12-7-9-3-1-2-4-11(9)14-12/h9-12,14H,1-8H2. The summed E-state index contributed by atoms with van der Waals surface area (Å²) in [6.07, 6.45) is 7.31. The van der Waals surface area contributed by atoms with Crippen molar-refractivity contribution in [3.05, 3.63) is 0 Å². The van der Waals surface area contributed by atoms with Crippen molar-refractivity contribution in [2.45, 2.75) is 50.6 Å². The highest BCUT2D eigenvalue weighted by molar-refractivity contribution is 5.87. The van der Waals surface area contributed by atoms with E-state index in [0.29, 0.717) is 18.4 Å². The molecule has 0 aromatic carbocycles. The van der Waals surface area contributed by atoms with E-state index < -0.39 is 0 Å². The highest BCUT2D eigenvalue weighted by Crippen LogP contribution is 2.34. The second-order valence-electron chi connectivity index (χ2n) is 5.57. The van der Waals surface area contributed by atoms with Gasteiger partial charge in [0, 0.05) is 18.6 Å². The van der Waals surface area contributed by atoms with Crippen molar-refractivity contribution in [1.82, 2.24) is 5.32 Å². The monoisotopic (exact) mass is 223 g/mol. The zero-order valence-corrected chi connectivity index (χ0v) is 9.78. The van der Waals surface area contributed by atoms with Gasteiger partial charge in [0.2, 0.25) is 0 Å². The second kappa shape index (κ2) is 4.46. The van der Waals surface area contributed by atoms with Crippen LogP contribution in [0.3, 0.4) is 0 Å². The SMILES string of the molecule is O=C(C1CCOC1)C1CC2CCCCC2N1. The number of ether oxygens (including phenoxy) is 1.